The van der Waals surface area contributed by atoms with Crippen LogP contribution in [0.4, 0.5) is 0 Å². The van der Waals surface area contributed by atoms with Gasteiger partial charge in [0.1, 0.15) is 0 Å². The summed E-state index contributed by atoms with van der Waals surface area (Å²) in [6.07, 6.45) is 1.05. The van der Waals surface area contributed by atoms with E-state index in [0.717, 1.165) is 6.42 Å². The fourth-order valence-corrected chi connectivity index (χ4v) is 11.7. The quantitative estimate of drug-likeness (QED) is 0.217. The van der Waals surface area contributed by atoms with Crippen molar-refractivity contribution in [3.8, 4) is 0 Å². The van der Waals surface area contributed by atoms with Gasteiger partial charge in [0.15, 0.2) is 0 Å². The van der Waals surface area contributed by atoms with Gasteiger partial charge in [0, 0.05) is 5.40 Å². The average molecular weight is 475 g/mol. The molecule has 0 unspecified atom stereocenters. The first kappa shape index (κ1) is 22.7. The van der Waals surface area contributed by atoms with Crippen molar-refractivity contribution in [1.82, 2.24) is 0 Å². The Hall–Kier alpha value is -3.04. The Labute approximate surface area is 205 Å². The normalized spacial score (nSPS) is 11.3. The van der Waals surface area contributed by atoms with Crippen LogP contribution in [0.3, 0.4) is 0 Å². The molecule has 0 aliphatic rings. The van der Waals surface area contributed by atoms with Crippen LogP contribution in [0.15, 0.2) is 152 Å². The lowest BCUT2D eigenvalue weighted by atomic mass is 10.2. The zero-order valence-electron chi connectivity index (χ0n) is 19.1. The van der Waals surface area contributed by atoms with Crippen molar-refractivity contribution in [2.75, 3.05) is 0 Å². The minimum absolute atomic E-state index is 0.460. The van der Waals surface area contributed by atoms with Gasteiger partial charge in [0.25, 0.3) is 0 Å². The predicted octanol–water partition coefficient (Wildman–Crippen LogP) is 6.82. The molecule has 0 spiro atoms. The third-order valence-electron chi connectivity index (χ3n) is 5.99. The molecule has 0 atom stereocenters. The molecular weight excluding hydrogens is 446 g/mol. The Balaban J connectivity index is 1.73. The Bertz CT molecular complexity index is 1100. The summed E-state index contributed by atoms with van der Waals surface area (Å²) in [5.41, 5.74) is 1.41. The second kappa shape index (κ2) is 11.4. The Morgan fingerprint density at radius 1 is 0.353 bits per heavy atom. The topological polar surface area (TPSA) is 0 Å². The average Bonchev–Trinajstić information content (AvgIpc) is 2.92. The molecule has 34 heavy (non-hydrogen) atoms. The van der Waals surface area contributed by atoms with E-state index in [2.05, 4.69) is 152 Å². The van der Waals surface area contributed by atoms with Gasteiger partial charge in [-0.3, -0.25) is 0 Å². The number of benzene rings is 5. The molecule has 5 rings (SSSR count). The van der Waals surface area contributed by atoms with Gasteiger partial charge in [0.05, 0.1) is 0 Å². The summed E-state index contributed by atoms with van der Waals surface area (Å²) in [5.74, 6) is 0. The number of rotatable bonds is 8. The van der Waals surface area contributed by atoms with Gasteiger partial charge in [-0.15, -0.1) is 0 Å². The molecule has 0 bridgehead atoms. The van der Waals surface area contributed by atoms with Crippen LogP contribution in [-0.4, -0.2) is 5.40 Å². The first-order valence-electron chi connectivity index (χ1n) is 11.7. The van der Waals surface area contributed by atoms with Gasteiger partial charge in [0.2, 0.25) is 0 Å². The third-order valence-corrected chi connectivity index (χ3v) is 12.4. The van der Waals surface area contributed by atoms with E-state index in [1.165, 1.54) is 26.8 Å². The van der Waals surface area contributed by atoms with Crippen molar-refractivity contribution in [3.63, 3.8) is 0 Å². The van der Waals surface area contributed by atoms with Crippen LogP contribution in [0.25, 0.3) is 0 Å². The molecule has 0 radical (unpaired) electrons. The lowest BCUT2D eigenvalue weighted by Gasteiger charge is -2.36. The summed E-state index contributed by atoms with van der Waals surface area (Å²) in [6, 6.07) is 55.8. The molecule has 0 fully saturated rings. The summed E-state index contributed by atoms with van der Waals surface area (Å²) in [5, 5.41) is 6.25. The molecule has 0 aliphatic heterocycles. The Morgan fingerprint density at radius 2 is 0.618 bits per heavy atom. The van der Waals surface area contributed by atoms with Gasteiger partial charge in [-0.2, -0.15) is 0 Å². The summed E-state index contributed by atoms with van der Waals surface area (Å²) >= 11 is 0. The lowest BCUT2D eigenvalue weighted by Crippen LogP contribution is -2.29. The van der Waals surface area contributed by atoms with Crippen LogP contribution in [0.5, 0.6) is 0 Å². The van der Waals surface area contributed by atoms with Crippen molar-refractivity contribution >= 4 is 37.1 Å². The van der Waals surface area contributed by atoms with Gasteiger partial charge in [-0.05, 0) is 49.0 Å². The summed E-state index contributed by atoms with van der Waals surface area (Å²) in [4.78, 5) is 0. The minimum atomic E-state index is -0.596. The second-order valence-corrected chi connectivity index (χ2v) is 13.5. The maximum atomic E-state index is 2.33. The highest BCUT2D eigenvalue weighted by Gasteiger charge is 2.33. The molecule has 0 nitrogen and oxygen atoms in total. The zero-order valence-corrected chi connectivity index (χ0v) is 20.9. The van der Waals surface area contributed by atoms with E-state index in [9.17, 15) is 0 Å². The van der Waals surface area contributed by atoms with Crippen LogP contribution in [0, 0.1) is 0 Å². The van der Waals surface area contributed by atoms with Crippen molar-refractivity contribution < 1.29 is 0 Å². The Morgan fingerprint density at radius 3 is 0.912 bits per heavy atom. The molecule has 0 amide bonds. The molecule has 0 heterocycles. The van der Waals surface area contributed by atoms with Gasteiger partial charge in [-0.25, -0.2) is 0 Å². The fourth-order valence-electron chi connectivity index (χ4n) is 4.46. The van der Waals surface area contributed by atoms with Crippen LogP contribution >= 0.6 is 15.8 Å². The number of hydrogen-bond donors (Lipinski definition) is 0. The van der Waals surface area contributed by atoms with Gasteiger partial charge < -0.3 is 0 Å². The van der Waals surface area contributed by atoms with Crippen LogP contribution in [0.2, 0.25) is 0 Å². The smallest absolute Gasteiger partial charge is 0.0195 e. The standard InChI is InChI=1S/C32H28P2/c1-6-16-27(17-7-1)26-32(33(28-18-8-2-9-19-28)29-20-10-3-11-21-29)34(30-22-12-4-13-23-30)31-24-14-5-15-25-31/h1-25,32H,26H2. The summed E-state index contributed by atoms with van der Waals surface area (Å²) in [7, 11) is -1.19. The molecule has 0 saturated heterocycles. The highest BCUT2D eigenvalue weighted by atomic mass is 31.2. The largest absolute Gasteiger partial charge is 0.0622 e. The van der Waals surface area contributed by atoms with E-state index >= 15 is 0 Å². The Kier molecular flexibility index (Phi) is 7.62. The molecule has 0 aromatic heterocycles. The molecular formula is C32H28P2. The van der Waals surface area contributed by atoms with E-state index in [1.54, 1.807) is 0 Å². The molecule has 0 N–H and O–H groups in total. The van der Waals surface area contributed by atoms with Gasteiger partial charge >= 0.3 is 0 Å². The molecule has 0 aliphatic carbocycles. The van der Waals surface area contributed by atoms with Crippen LogP contribution in [0.1, 0.15) is 5.56 Å². The molecule has 166 valence electrons. The third kappa shape index (κ3) is 5.37. The van der Waals surface area contributed by atoms with Crippen molar-refractivity contribution in [2.24, 2.45) is 0 Å². The highest BCUT2D eigenvalue weighted by molar-refractivity contribution is 7.89. The van der Waals surface area contributed by atoms with Gasteiger partial charge in [-0.1, -0.05) is 152 Å². The first-order valence-corrected chi connectivity index (χ1v) is 14.5. The first-order chi connectivity index (χ1) is 16.9. The van der Waals surface area contributed by atoms with Crippen LogP contribution < -0.4 is 21.2 Å². The van der Waals surface area contributed by atoms with Crippen LogP contribution in [-0.2, 0) is 6.42 Å². The van der Waals surface area contributed by atoms with E-state index in [1.807, 2.05) is 0 Å². The minimum Gasteiger partial charge on any atom is -0.0622 e. The number of hydrogen-bond acceptors (Lipinski definition) is 0. The van der Waals surface area contributed by atoms with E-state index in [-0.39, 0.29) is 0 Å². The van der Waals surface area contributed by atoms with Crippen molar-refractivity contribution in [2.45, 2.75) is 11.8 Å². The lowest BCUT2D eigenvalue weighted by molar-refractivity contribution is 1.09. The second-order valence-electron chi connectivity index (χ2n) is 8.25. The maximum Gasteiger partial charge on any atom is 0.0195 e. The van der Waals surface area contributed by atoms with Crippen molar-refractivity contribution in [3.05, 3.63) is 157 Å². The van der Waals surface area contributed by atoms with E-state index in [4.69, 9.17) is 0 Å². The molecule has 5 aromatic rings. The predicted molar refractivity (Wildman–Crippen MR) is 152 cm³/mol. The maximum absolute atomic E-state index is 2.33. The van der Waals surface area contributed by atoms with Crippen molar-refractivity contribution in [1.29, 1.82) is 0 Å². The SMILES string of the molecule is c1ccc(CC(P(c2ccccc2)c2ccccc2)P(c2ccccc2)c2ccccc2)cc1. The molecule has 2 heteroatoms. The fraction of sp³-hybridized carbons (Fsp3) is 0.0625. The van der Waals surface area contributed by atoms with E-state index < -0.39 is 15.8 Å². The monoisotopic (exact) mass is 474 g/mol. The zero-order chi connectivity index (χ0) is 23.0. The summed E-state index contributed by atoms with van der Waals surface area (Å²) < 4.78 is 0. The molecule has 0 saturated carbocycles. The molecule has 5 aromatic carbocycles. The van der Waals surface area contributed by atoms with E-state index in [0.29, 0.717) is 5.40 Å². The summed E-state index contributed by atoms with van der Waals surface area (Å²) in [6.45, 7) is 0. The highest BCUT2D eigenvalue weighted by Crippen LogP contribution is 2.57.